The number of aromatic nitrogens is 3. The maximum atomic E-state index is 13.9. The third-order valence-electron chi connectivity index (χ3n) is 5.32. The number of hydrogen-bond acceptors (Lipinski definition) is 8. The maximum Gasteiger partial charge on any atom is 0.261 e. The number of nitrogens with one attached hydrogen (secondary N) is 1. The summed E-state index contributed by atoms with van der Waals surface area (Å²) in [5.41, 5.74) is 0.834. The van der Waals surface area contributed by atoms with E-state index in [4.69, 9.17) is 4.74 Å². The van der Waals surface area contributed by atoms with Crippen LogP contribution in [-0.2, 0) is 0 Å². The molecule has 1 amide bonds. The van der Waals surface area contributed by atoms with Crippen molar-refractivity contribution in [3.05, 3.63) is 53.3 Å². The van der Waals surface area contributed by atoms with Crippen molar-refractivity contribution in [3.8, 4) is 22.5 Å². The van der Waals surface area contributed by atoms with Crippen LogP contribution in [0.4, 0.5) is 5.82 Å². The van der Waals surface area contributed by atoms with Crippen molar-refractivity contribution in [3.63, 3.8) is 0 Å². The minimum atomic E-state index is -0.217. The lowest BCUT2D eigenvalue weighted by atomic mass is 9.99. The number of ether oxygens (including phenoxy) is 1. The number of thiophene rings is 1. The fraction of sp³-hybridized carbons (Fsp3) is 0.318. The van der Waals surface area contributed by atoms with Gasteiger partial charge in [0, 0.05) is 31.2 Å². The van der Waals surface area contributed by atoms with Crippen LogP contribution in [0.25, 0.3) is 10.7 Å². The van der Waals surface area contributed by atoms with Crippen LogP contribution in [0.5, 0.6) is 5.75 Å². The zero-order valence-electron chi connectivity index (χ0n) is 17.3. The molecule has 0 bridgehead atoms. The first-order chi connectivity index (χ1) is 15.1. The Bertz CT molecular complexity index is 1100. The number of rotatable bonds is 5. The third-order valence-corrected chi connectivity index (χ3v) is 6.23. The van der Waals surface area contributed by atoms with Crippen molar-refractivity contribution in [2.75, 3.05) is 18.6 Å². The van der Waals surface area contributed by atoms with Crippen LogP contribution in [0.15, 0.2) is 42.2 Å². The van der Waals surface area contributed by atoms with E-state index >= 15 is 0 Å². The molecule has 158 valence electrons. The predicted octanol–water partition coefficient (Wildman–Crippen LogP) is 3.27. The van der Waals surface area contributed by atoms with Gasteiger partial charge in [0.1, 0.15) is 6.07 Å². The molecule has 1 fully saturated rings. The molecular weight excluding hydrogens is 412 g/mol. The van der Waals surface area contributed by atoms with Crippen molar-refractivity contribution in [1.82, 2.24) is 20.3 Å². The van der Waals surface area contributed by atoms with E-state index in [-0.39, 0.29) is 11.9 Å². The standard InChI is InChI=1S/C22H22N6O2S/c1-14-4-5-16(13-27-14)28(21-18(30-2)15(12-23)6-10-26-21)22(29)17-7-11-31-19(17)20-24-8-3-9-25-20/h3,6-11,14,16,27H,4-5,13H2,1-2H3/t14-,16-/m1/s1. The Balaban J connectivity index is 1.81. The van der Waals surface area contributed by atoms with E-state index in [9.17, 15) is 10.1 Å². The first-order valence-corrected chi connectivity index (χ1v) is 10.9. The van der Waals surface area contributed by atoms with Crippen LogP contribution in [-0.4, -0.2) is 46.6 Å². The van der Waals surface area contributed by atoms with Crippen molar-refractivity contribution in [1.29, 1.82) is 5.26 Å². The van der Waals surface area contributed by atoms with Crippen LogP contribution >= 0.6 is 11.3 Å². The lowest BCUT2D eigenvalue weighted by molar-refractivity contribution is 0.0969. The van der Waals surface area contributed by atoms with Crippen molar-refractivity contribution in [2.24, 2.45) is 0 Å². The fourth-order valence-electron chi connectivity index (χ4n) is 3.73. The molecule has 0 aromatic carbocycles. The molecule has 2 atom stereocenters. The molecule has 3 aromatic rings. The van der Waals surface area contributed by atoms with Gasteiger partial charge in [-0.2, -0.15) is 5.26 Å². The summed E-state index contributed by atoms with van der Waals surface area (Å²) in [6.45, 7) is 2.75. The molecule has 9 heteroatoms. The number of pyridine rings is 1. The van der Waals surface area contributed by atoms with Crippen molar-refractivity contribution in [2.45, 2.75) is 31.8 Å². The lowest BCUT2D eigenvalue weighted by Crippen LogP contribution is -2.51. The first kappa shape index (κ1) is 20.9. The topological polar surface area (TPSA) is 104 Å². The molecule has 0 radical (unpaired) electrons. The highest BCUT2D eigenvalue weighted by Crippen LogP contribution is 2.35. The molecule has 4 heterocycles. The number of anilines is 1. The van der Waals surface area contributed by atoms with Gasteiger partial charge in [0.25, 0.3) is 5.91 Å². The fourth-order valence-corrected chi connectivity index (χ4v) is 4.57. The van der Waals surface area contributed by atoms with Crippen LogP contribution in [0.3, 0.4) is 0 Å². The molecule has 4 rings (SSSR count). The maximum absolute atomic E-state index is 13.9. The molecular formula is C22H22N6O2S. The Hall–Kier alpha value is -3.35. The zero-order valence-corrected chi connectivity index (χ0v) is 18.1. The monoisotopic (exact) mass is 434 g/mol. The Labute approximate surface area is 184 Å². The highest BCUT2D eigenvalue weighted by atomic mass is 32.1. The molecule has 8 nitrogen and oxygen atoms in total. The molecule has 1 aliphatic rings. The molecule has 1 aliphatic heterocycles. The number of nitriles is 1. The summed E-state index contributed by atoms with van der Waals surface area (Å²) in [6, 6.07) is 7.47. The summed E-state index contributed by atoms with van der Waals surface area (Å²) < 4.78 is 5.52. The molecule has 31 heavy (non-hydrogen) atoms. The van der Waals surface area contributed by atoms with Gasteiger partial charge in [-0.25, -0.2) is 15.0 Å². The van der Waals surface area contributed by atoms with E-state index in [1.807, 2.05) is 5.38 Å². The van der Waals surface area contributed by atoms with Gasteiger partial charge in [-0.3, -0.25) is 9.69 Å². The lowest BCUT2D eigenvalue weighted by Gasteiger charge is -2.36. The number of piperidine rings is 1. The SMILES string of the molecule is COc1c(C#N)ccnc1N(C(=O)c1ccsc1-c1ncccn1)[C@@H]1CC[C@@H](C)NC1. The predicted molar refractivity (Wildman–Crippen MR) is 118 cm³/mol. The summed E-state index contributed by atoms with van der Waals surface area (Å²) in [5, 5.41) is 14.8. The summed E-state index contributed by atoms with van der Waals surface area (Å²) in [5.74, 6) is 0.927. The van der Waals surface area contributed by atoms with Crippen LogP contribution in [0.2, 0.25) is 0 Å². The van der Waals surface area contributed by atoms with Crippen molar-refractivity contribution < 1.29 is 9.53 Å². The zero-order chi connectivity index (χ0) is 21.8. The number of nitrogens with zero attached hydrogens (tertiary/aromatic N) is 5. The molecule has 3 aromatic heterocycles. The molecule has 0 unspecified atom stereocenters. The van der Waals surface area contributed by atoms with Gasteiger partial charge >= 0.3 is 0 Å². The van der Waals surface area contributed by atoms with Gasteiger partial charge in [-0.05, 0) is 43.3 Å². The second kappa shape index (κ2) is 9.20. The summed E-state index contributed by atoms with van der Waals surface area (Å²) in [7, 11) is 1.49. The Kier molecular flexibility index (Phi) is 6.21. The number of amides is 1. The Morgan fingerprint density at radius 2 is 2.06 bits per heavy atom. The van der Waals surface area contributed by atoms with E-state index in [0.717, 1.165) is 12.8 Å². The molecule has 1 N–H and O–H groups in total. The van der Waals surface area contributed by atoms with Gasteiger partial charge in [0.15, 0.2) is 17.4 Å². The summed E-state index contributed by atoms with van der Waals surface area (Å²) >= 11 is 1.42. The average Bonchev–Trinajstić information content (AvgIpc) is 3.31. The molecule has 0 saturated carbocycles. The van der Waals surface area contributed by atoms with Gasteiger partial charge < -0.3 is 10.1 Å². The highest BCUT2D eigenvalue weighted by molar-refractivity contribution is 7.14. The number of methoxy groups -OCH3 is 1. The Morgan fingerprint density at radius 3 is 2.74 bits per heavy atom. The van der Waals surface area contributed by atoms with E-state index in [1.165, 1.54) is 24.6 Å². The second-order valence-electron chi connectivity index (χ2n) is 7.28. The van der Waals surface area contributed by atoms with Crippen LogP contribution in [0.1, 0.15) is 35.7 Å². The van der Waals surface area contributed by atoms with Gasteiger partial charge in [-0.1, -0.05) is 0 Å². The quantitative estimate of drug-likeness (QED) is 0.657. The van der Waals surface area contributed by atoms with E-state index in [1.54, 1.807) is 35.5 Å². The third kappa shape index (κ3) is 4.13. The van der Waals surface area contributed by atoms with E-state index in [0.29, 0.717) is 46.0 Å². The average molecular weight is 435 g/mol. The van der Waals surface area contributed by atoms with Crippen LogP contribution in [0, 0.1) is 11.3 Å². The summed E-state index contributed by atoms with van der Waals surface area (Å²) in [4.78, 5) is 29.4. The van der Waals surface area contributed by atoms with E-state index < -0.39 is 0 Å². The Morgan fingerprint density at radius 1 is 1.26 bits per heavy atom. The molecule has 1 saturated heterocycles. The number of carbonyl (C=O) groups is 1. The summed E-state index contributed by atoms with van der Waals surface area (Å²) in [6.07, 6.45) is 6.57. The smallest absolute Gasteiger partial charge is 0.261 e. The minimum Gasteiger partial charge on any atom is -0.492 e. The largest absolute Gasteiger partial charge is 0.492 e. The number of carbonyl (C=O) groups excluding carboxylic acids is 1. The number of hydrogen-bond donors (Lipinski definition) is 1. The molecule has 0 spiro atoms. The van der Waals surface area contributed by atoms with Gasteiger partial charge in [0.05, 0.1) is 29.2 Å². The van der Waals surface area contributed by atoms with E-state index in [2.05, 4.69) is 33.3 Å². The minimum absolute atomic E-state index is 0.136. The van der Waals surface area contributed by atoms with Crippen LogP contribution < -0.4 is 15.0 Å². The normalized spacial score (nSPS) is 18.2. The van der Waals surface area contributed by atoms with Crippen molar-refractivity contribution >= 4 is 23.1 Å². The van der Waals surface area contributed by atoms with Gasteiger partial charge in [0.2, 0.25) is 0 Å². The molecule has 0 aliphatic carbocycles. The highest BCUT2D eigenvalue weighted by Gasteiger charge is 2.34. The first-order valence-electron chi connectivity index (χ1n) is 9.99. The van der Waals surface area contributed by atoms with Gasteiger partial charge in [-0.15, -0.1) is 11.3 Å². The second-order valence-corrected chi connectivity index (χ2v) is 8.19.